The van der Waals surface area contributed by atoms with Crippen molar-refractivity contribution in [2.24, 2.45) is 0 Å². The molecule has 0 radical (unpaired) electrons. The minimum absolute atomic E-state index is 0.0742. The number of nitrogens with zero attached hydrogens (tertiary/aromatic N) is 3. The SMILES string of the molecule is O=C(O)N1CCC(Nc2cnc3cc(Cl)ccc3n2)C1. The minimum atomic E-state index is -0.881. The van der Waals surface area contributed by atoms with Crippen LogP contribution in [0.3, 0.4) is 0 Å². The molecule has 6 nitrogen and oxygen atoms in total. The summed E-state index contributed by atoms with van der Waals surface area (Å²) in [7, 11) is 0. The predicted octanol–water partition coefficient (Wildman–Crippen LogP) is 2.45. The van der Waals surface area contributed by atoms with Crippen molar-refractivity contribution in [1.82, 2.24) is 14.9 Å². The zero-order chi connectivity index (χ0) is 14.1. The number of likely N-dealkylation sites (tertiary alicyclic amines) is 1. The summed E-state index contributed by atoms with van der Waals surface area (Å²) in [6.45, 7) is 1.01. The number of halogens is 1. The fraction of sp³-hybridized carbons (Fsp3) is 0.308. The molecule has 1 aromatic carbocycles. The number of fused-ring (bicyclic) bond motifs is 1. The zero-order valence-electron chi connectivity index (χ0n) is 10.6. The molecule has 1 aliphatic rings. The van der Waals surface area contributed by atoms with Crippen LogP contribution < -0.4 is 5.32 Å². The van der Waals surface area contributed by atoms with Crippen LogP contribution in [0.1, 0.15) is 6.42 Å². The van der Waals surface area contributed by atoms with Gasteiger partial charge in [-0.25, -0.2) is 9.78 Å². The van der Waals surface area contributed by atoms with Crippen LogP contribution in [0.2, 0.25) is 5.02 Å². The van der Waals surface area contributed by atoms with E-state index in [1.54, 1.807) is 18.3 Å². The zero-order valence-corrected chi connectivity index (χ0v) is 11.3. The van der Waals surface area contributed by atoms with Gasteiger partial charge < -0.3 is 15.3 Å². The molecule has 7 heteroatoms. The maximum absolute atomic E-state index is 10.9. The van der Waals surface area contributed by atoms with Gasteiger partial charge in [0.2, 0.25) is 0 Å². The van der Waals surface area contributed by atoms with E-state index in [2.05, 4.69) is 15.3 Å². The van der Waals surface area contributed by atoms with Crippen LogP contribution in [-0.4, -0.2) is 45.2 Å². The molecule has 1 atom stereocenters. The number of carbonyl (C=O) groups is 1. The summed E-state index contributed by atoms with van der Waals surface area (Å²) in [4.78, 5) is 21.0. The van der Waals surface area contributed by atoms with E-state index in [9.17, 15) is 4.79 Å². The van der Waals surface area contributed by atoms with Gasteiger partial charge in [0.25, 0.3) is 0 Å². The van der Waals surface area contributed by atoms with Gasteiger partial charge in [-0.2, -0.15) is 0 Å². The van der Waals surface area contributed by atoms with Gasteiger partial charge in [0.15, 0.2) is 0 Å². The maximum atomic E-state index is 10.9. The third-order valence-corrected chi connectivity index (χ3v) is 3.55. The van der Waals surface area contributed by atoms with Gasteiger partial charge >= 0.3 is 6.09 Å². The molecule has 0 saturated carbocycles. The quantitative estimate of drug-likeness (QED) is 0.889. The van der Waals surface area contributed by atoms with E-state index in [1.165, 1.54) is 4.90 Å². The van der Waals surface area contributed by atoms with Crippen LogP contribution in [0, 0.1) is 0 Å². The minimum Gasteiger partial charge on any atom is -0.465 e. The summed E-state index contributed by atoms with van der Waals surface area (Å²) in [6, 6.07) is 5.42. The largest absolute Gasteiger partial charge is 0.465 e. The maximum Gasteiger partial charge on any atom is 0.407 e. The summed E-state index contributed by atoms with van der Waals surface area (Å²) < 4.78 is 0. The van der Waals surface area contributed by atoms with Gasteiger partial charge in [-0.1, -0.05) is 11.6 Å². The fourth-order valence-electron chi connectivity index (χ4n) is 2.31. The number of benzene rings is 1. The monoisotopic (exact) mass is 292 g/mol. The van der Waals surface area contributed by atoms with Gasteiger partial charge in [-0.3, -0.25) is 4.98 Å². The van der Waals surface area contributed by atoms with Gasteiger partial charge in [0.1, 0.15) is 5.82 Å². The molecule has 2 N–H and O–H groups in total. The highest BCUT2D eigenvalue weighted by Crippen LogP contribution is 2.19. The molecule has 104 valence electrons. The molecule has 0 spiro atoms. The third-order valence-electron chi connectivity index (χ3n) is 3.32. The lowest BCUT2D eigenvalue weighted by molar-refractivity contribution is 0.155. The van der Waals surface area contributed by atoms with Crippen LogP contribution in [0.5, 0.6) is 0 Å². The number of hydrogen-bond donors (Lipinski definition) is 2. The van der Waals surface area contributed by atoms with Crippen molar-refractivity contribution in [2.75, 3.05) is 18.4 Å². The van der Waals surface area contributed by atoms with E-state index >= 15 is 0 Å². The first-order valence-corrected chi connectivity index (χ1v) is 6.66. The number of aromatic nitrogens is 2. The molecule has 20 heavy (non-hydrogen) atoms. The Morgan fingerprint density at radius 1 is 1.45 bits per heavy atom. The molecule has 1 fully saturated rings. The first kappa shape index (κ1) is 12.9. The lowest BCUT2D eigenvalue weighted by Gasteiger charge is -2.14. The molecule has 1 aromatic heterocycles. The van der Waals surface area contributed by atoms with Crippen LogP contribution in [0.25, 0.3) is 11.0 Å². The van der Waals surface area contributed by atoms with Gasteiger partial charge in [-0.15, -0.1) is 0 Å². The Labute approximate surface area is 120 Å². The van der Waals surface area contributed by atoms with Crippen molar-refractivity contribution >= 4 is 34.5 Å². The Hall–Kier alpha value is -2.08. The number of anilines is 1. The highest BCUT2D eigenvalue weighted by molar-refractivity contribution is 6.31. The van der Waals surface area contributed by atoms with Crippen molar-refractivity contribution in [3.05, 3.63) is 29.4 Å². The summed E-state index contributed by atoms with van der Waals surface area (Å²) in [6.07, 6.45) is 1.53. The molecule has 1 saturated heterocycles. The van der Waals surface area contributed by atoms with E-state index in [4.69, 9.17) is 16.7 Å². The average molecular weight is 293 g/mol. The normalized spacial score (nSPS) is 18.4. The summed E-state index contributed by atoms with van der Waals surface area (Å²) >= 11 is 5.90. The van der Waals surface area contributed by atoms with E-state index in [0.717, 1.165) is 17.5 Å². The second kappa shape index (κ2) is 5.13. The molecule has 2 aromatic rings. The number of rotatable bonds is 2. The fourth-order valence-corrected chi connectivity index (χ4v) is 2.48. The molecule has 3 rings (SSSR count). The molecule has 1 unspecified atom stereocenters. The summed E-state index contributed by atoms with van der Waals surface area (Å²) in [5, 5.41) is 12.8. The Bertz CT molecular complexity index is 664. The van der Waals surface area contributed by atoms with E-state index in [0.29, 0.717) is 23.9 Å². The second-order valence-corrected chi connectivity index (χ2v) is 5.18. The van der Waals surface area contributed by atoms with Crippen LogP contribution in [0.15, 0.2) is 24.4 Å². The van der Waals surface area contributed by atoms with E-state index in [-0.39, 0.29) is 6.04 Å². The number of amides is 1. The van der Waals surface area contributed by atoms with Crippen LogP contribution >= 0.6 is 11.6 Å². The third kappa shape index (κ3) is 2.60. The van der Waals surface area contributed by atoms with Crippen molar-refractivity contribution in [2.45, 2.75) is 12.5 Å². The highest BCUT2D eigenvalue weighted by atomic mass is 35.5. The first-order valence-electron chi connectivity index (χ1n) is 6.28. The summed E-state index contributed by atoms with van der Waals surface area (Å²) in [5.41, 5.74) is 1.49. The molecule has 0 bridgehead atoms. The Balaban J connectivity index is 1.75. The average Bonchev–Trinajstić information content (AvgIpc) is 2.88. The van der Waals surface area contributed by atoms with Crippen molar-refractivity contribution in [1.29, 1.82) is 0 Å². The molecule has 0 aliphatic carbocycles. The summed E-state index contributed by atoms with van der Waals surface area (Å²) in [5.74, 6) is 0.650. The first-order chi connectivity index (χ1) is 9.61. The lowest BCUT2D eigenvalue weighted by atomic mass is 10.2. The molecule has 2 heterocycles. The van der Waals surface area contributed by atoms with Crippen LogP contribution in [0.4, 0.5) is 10.6 Å². The van der Waals surface area contributed by atoms with Crippen molar-refractivity contribution in [3.8, 4) is 0 Å². The van der Waals surface area contributed by atoms with Crippen molar-refractivity contribution < 1.29 is 9.90 Å². The van der Waals surface area contributed by atoms with E-state index < -0.39 is 6.09 Å². The van der Waals surface area contributed by atoms with Gasteiger partial charge in [-0.05, 0) is 24.6 Å². The van der Waals surface area contributed by atoms with Gasteiger partial charge in [0.05, 0.1) is 17.2 Å². The number of nitrogens with one attached hydrogen (secondary N) is 1. The highest BCUT2D eigenvalue weighted by Gasteiger charge is 2.25. The Kier molecular flexibility index (Phi) is 3.31. The lowest BCUT2D eigenvalue weighted by Crippen LogP contribution is -2.30. The topological polar surface area (TPSA) is 78.4 Å². The molecule has 1 aliphatic heterocycles. The Morgan fingerprint density at radius 2 is 2.30 bits per heavy atom. The second-order valence-electron chi connectivity index (χ2n) is 4.75. The van der Waals surface area contributed by atoms with E-state index in [1.807, 2.05) is 6.07 Å². The molecule has 1 amide bonds. The van der Waals surface area contributed by atoms with Crippen LogP contribution in [-0.2, 0) is 0 Å². The molecular formula is C13H13ClN4O2. The smallest absolute Gasteiger partial charge is 0.407 e. The van der Waals surface area contributed by atoms with Crippen molar-refractivity contribution in [3.63, 3.8) is 0 Å². The Morgan fingerprint density at radius 3 is 3.05 bits per heavy atom. The number of carboxylic acid groups (broad SMARTS) is 1. The number of hydrogen-bond acceptors (Lipinski definition) is 4. The standard InChI is InChI=1S/C13H13ClN4O2/c14-8-1-2-10-11(5-8)15-6-12(17-10)16-9-3-4-18(7-9)13(19)20/h1-2,5-6,9H,3-4,7H2,(H,16,17)(H,19,20). The van der Waals surface area contributed by atoms with Gasteiger partial charge in [0, 0.05) is 24.2 Å². The molecular weight excluding hydrogens is 280 g/mol. The predicted molar refractivity (Wildman–Crippen MR) is 76.2 cm³/mol.